The molecule has 0 aromatic heterocycles. The van der Waals surface area contributed by atoms with E-state index in [-0.39, 0.29) is 11.9 Å². The average molecular weight is 395 g/mol. The number of urea groups is 1. The van der Waals surface area contributed by atoms with Gasteiger partial charge in [-0.05, 0) is 77.5 Å². The third kappa shape index (κ3) is 4.70. The van der Waals surface area contributed by atoms with Gasteiger partial charge in [0.15, 0.2) is 0 Å². The van der Waals surface area contributed by atoms with Crippen LogP contribution < -0.4 is 0 Å². The highest BCUT2D eigenvalue weighted by Gasteiger charge is 2.59. The fourth-order valence-electron chi connectivity index (χ4n) is 4.69. The van der Waals surface area contributed by atoms with E-state index in [1.165, 1.54) is 6.42 Å². The Morgan fingerprint density at radius 3 is 1.71 bits per heavy atom. The monoisotopic (exact) mass is 394 g/mol. The summed E-state index contributed by atoms with van der Waals surface area (Å²) in [6.07, 6.45) is 7.44. The summed E-state index contributed by atoms with van der Waals surface area (Å²) in [7, 11) is 0. The first-order chi connectivity index (χ1) is 13.4. The van der Waals surface area contributed by atoms with Crippen LogP contribution in [0.2, 0.25) is 0 Å². The molecule has 6 nitrogen and oxygen atoms in total. The van der Waals surface area contributed by atoms with Crippen molar-refractivity contribution in [1.29, 1.82) is 0 Å². The SMILES string of the molecule is CCCN(CCC)CN1C(=O)N(CN(CCC)CCC)C(C)(C2CCC2)C1=O. The molecule has 162 valence electrons. The number of hydrogen-bond acceptors (Lipinski definition) is 4. The molecule has 0 aromatic carbocycles. The molecule has 1 heterocycles. The van der Waals surface area contributed by atoms with Crippen LogP contribution in [-0.4, -0.2) is 76.6 Å². The molecule has 0 aromatic rings. The van der Waals surface area contributed by atoms with Gasteiger partial charge in [0.1, 0.15) is 5.54 Å². The van der Waals surface area contributed by atoms with Crippen LogP contribution >= 0.6 is 0 Å². The Morgan fingerprint density at radius 2 is 1.32 bits per heavy atom. The Bertz CT molecular complexity index is 511. The number of imide groups is 1. The summed E-state index contributed by atoms with van der Waals surface area (Å²) in [5, 5.41) is 0. The van der Waals surface area contributed by atoms with E-state index in [0.717, 1.165) is 64.7 Å². The van der Waals surface area contributed by atoms with E-state index in [4.69, 9.17) is 0 Å². The molecule has 0 N–H and O–H groups in total. The van der Waals surface area contributed by atoms with Crippen molar-refractivity contribution in [3.05, 3.63) is 0 Å². The van der Waals surface area contributed by atoms with Gasteiger partial charge >= 0.3 is 6.03 Å². The number of hydrogen-bond donors (Lipinski definition) is 0. The summed E-state index contributed by atoms with van der Waals surface area (Å²) in [5.74, 6) is 0.317. The second-order valence-corrected chi connectivity index (χ2v) is 8.74. The van der Waals surface area contributed by atoms with Crippen LogP contribution in [0.4, 0.5) is 4.79 Å². The van der Waals surface area contributed by atoms with Crippen LogP contribution in [-0.2, 0) is 4.79 Å². The summed E-state index contributed by atoms with van der Waals surface area (Å²) in [5.41, 5.74) is -0.681. The van der Waals surface area contributed by atoms with E-state index in [2.05, 4.69) is 37.5 Å². The topological polar surface area (TPSA) is 47.1 Å². The maximum Gasteiger partial charge on any atom is 0.329 e. The zero-order valence-electron chi connectivity index (χ0n) is 18.9. The summed E-state index contributed by atoms with van der Waals surface area (Å²) in [6.45, 7) is 15.4. The van der Waals surface area contributed by atoms with Gasteiger partial charge in [-0.15, -0.1) is 0 Å². The molecule has 1 unspecified atom stereocenters. The lowest BCUT2D eigenvalue weighted by Gasteiger charge is -2.44. The maximum atomic E-state index is 13.5. The largest absolute Gasteiger partial charge is 0.329 e. The number of nitrogens with zero attached hydrogens (tertiary/aromatic N) is 4. The molecule has 2 fully saturated rings. The van der Waals surface area contributed by atoms with Crippen LogP contribution in [0.15, 0.2) is 0 Å². The molecule has 1 aliphatic heterocycles. The Balaban J connectivity index is 2.25. The molecule has 1 aliphatic carbocycles. The minimum Gasteiger partial charge on any atom is -0.297 e. The van der Waals surface area contributed by atoms with Crippen LogP contribution in [0.3, 0.4) is 0 Å². The van der Waals surface area contributed by atoms with Gasteiger partial charge in [-0.25, -0.2) is 9.69 Å². The highest BCUT2D eigenvalue weighted by atomic mass is 16.2. The third-order valence-corrected chi connectivity index (χ3v) is 6.44. The first kappa shape index (κ1) is 23.1. The molecule has 1 saturated carbocycles. The highest BCUT2D eigenvalue weighted by molar-refractivity contribution is 6.07. The molecule has 3 amide bonds. The molecule has 1 atom stereocenters. The summed E-state index contributed by atoms with van der Waals surface area (Å²) < 4.78 is 0. The second-order valence-electron chi connectivity index (χ2n) is 8.74. The van der Waals surface area contributed by atoms with Crippen molar-refractivity contribution >= 4 is 11.9 Å². The van der Waals surface area contributed by atoms with E-state index < -0.39 is 5.54 Å². The maximum absolute atomic E-state index is 13.5. The standard InChI is InChI=1S/C22H42N4O2/c1-6-13-23(14-7-2)17-25-20(27)22(5,19-11-10-12-19)26(21(25)28)18-24(15-8-3)16-9-4/h19H,6-18H2,1-5H3. The Kier molecular flexibility index (Phi) is 8.75. The van der Waals surface area contributed by atoms with Crippen LogP contribution in [0, 0.1) is 5.92 Å². The normalized spacial score (nSPS) is 23.4. The molecule has 1 saturated heterocycles. The van der Waals surface area contributed by atoms with Gasteiger partial charge in [-0.3, -0.25) is 19.5 Å². The van der Waals surface area contributed by atoms with Gasteiger partial charge < -0.3 is 0 Å². The zero-order chi connectivity index (χ0) is 20.7. The summed E-state index contributed by atoms with van der Waals surface area (Å²) in [6, 6.07) is -0.0891. The van der Waals surface area contributed by atoms with Crippen LogP contribution in [0.5, 0.6) is 0 Å². The first-order valence-corrected chi connectivity index (χ1v) is 11.5. The average Bonchev–Trinajstić information content (AvgIpc) is 2.77. The van der Waals surface area contributed by atoms with Gasteiger partial charge in [-0.1, -0.05) is 34.1 Å². The first-order valence-electron chi connectivity index (χ1n) is 11.5. The second kappa shape index (κ2) is 10.6. The smallest absolute Gasteiger partial charge is 0.297 e. The van der Waals surface area contributed by atoms with Gasteiger partial charge in [0.05, 0.1) is 13.3 Å². The fraction of sp³-hybridized carbons (Fsp3) is 0.909. The number of carbonyl (C=O) groups excluding carboxylic acids is 2. The number of carbonyl (C=O) groups is 2. The number of rotatable bonds is 13. The summed E-state index contributed by atoms with van der Waals surface area (Å²) >= 11 is 0. The van der Waals surface area contributed by atoms with Crippen LogP contribution in [0.25, 0.3) is 0 Å². The van der Waals surface area contributed by atoms with Crippen molar-refractivity contribution in [3.8, 4) is 0 Å². The van der Waals surface area contributed by atoms with E-state index in [1.807, 2.05) is 11.8 Å². The van der Waals surface area contributed by atoms with E-state index >= 15 is 0 Å². The van der Waals surface area contributed by atoms with Gasteiger partial charge in [0.2, 0.25) is 0 Å². The lowest BCUT2D eigenvalue weighted by atomic mass is 9.71. The number of amides is 3. The zero-order valence-corrected chi connectivity index (χ0v) is 18.9. The lowest BCUT2D eigenvalue weighted by molar-refractivity contribution is -0.138. The van der Waals surface area contributed by atoms with Crippen molar-refractivity contribution in [3.63, 3.8) is 0 Å². The molecule has 0 bridgehead atoms. The van der Waals surface area contributed by atoms with E-state index in [0.29, 0.717) is 19.3 Å². The predicted molar refractivity (Wildman–Crippen MR) is 114 cm³/mol. The lowest BCUT2D eigenvalue weighted by Crippen LogP contribution is -2.57. The van der Waals surface area contributed by atoms with Gasteiger partial charge in [0, 0.05) is 0 Å². The molecule has 0 spiro atoms. The van der Waals surface area contributed by atoms with E-state index in [1.54, 1.807) is 4.90 Å². The minimum absolute atomic E-state index is 0.0207. The van der Waals surface area contributed by atoms with Crippen LogP contribution in [0.1, 0.15) is 79.6 Å². The van der Waals surface area contributed by atoms with Crippen molar-refractivity contribution < 1.29 is 9.59 Å². The fourth-order valence-corrected chi connectivity index (χ4v) is 4.69. The molecular weight excluding hydrogens is 352 g/mol. The molecular formula is C22H42N4O2. The molecule has 6 heteroatoms. The molecule has 0 radical (unpaired) electrons. The third-order valence-electron chi connectivity index (χ3n) is 6.44. The Morgan fingerprint density at radius 1 is 0.857 bits per heavy atom. The van der Waals surface area contributed by atoms with Gasteiger partial charge in [0.25, 0.3) is 5.91 Å². The predicted octanol–water partition coefficient (Wildman–Crippen LogP) is 3.97. The Hall–Kier alpha value is -1.14. The van der Waals surface area contributed by atoms with Crippen molar-refractivity contribution in [2.75, 3.05) is 39.5 Å². The minimum atomic E-state index is -0.681. The quantitative estimate of drug-likeness (QED) is 0.444. The van der Waals surface area contributed by atoms with Crippen molar-refractivity contribution in [2.24, 2.45) is 5.92 Å². The molecule has 2 aliphatic rings. The van der Waals surface area contributed by atoms with E-state index in [9.17, 15) is 9.59 Å². The van der Waals surface area contributed by atoms with Crippen molar-refractivity contribution in [2.45, 2.75) is 85.1 Å². The Labute approximate surface area is 172 Å². The molecule has 28 heavy (non-hydrogen) atoms. The highest BCUT2D eigenvalue weighted by Crippen LogP contribution is 2.44. The summed E-state index contributed by atoms with van der Waals surface area (Å²) in [4.78, 5) is 35.0. The van der Waals surface area contributed by atoms with Gasteiger partial charge in [-0.2, -0.15) is 0 Å². The van der Waals surface area contributed by atoms with Crippen molar-refractivity contribution in [1.82, 2.24) is 19.6 Å². The molecule has 2 rings (SSSR count).